The molecule has 0 amide bonds. The Morgan fingerprint density at radius 3 is 1.52 bits per heavy atom. The molecule has 3 aromatic rings. The van der Waals surface area contributed by atoms with Crippen molar-refractivity contribution < 1.29 is 21.8 Å². The normalized spacial score (nSPS) is 14.0. The molecule has 31 heavy (non-hydrogen) atoms. The van der Waals surface area contributed by atoms with E-state index in [4.69, 9.17) is 23.2 Å². The van der Waals surface area contributed by atoms with Gasteiger partial charge in [0.15, 0.2) is 15.1 Å². The second-order valence-electron chi connectivity index (χ2n) is 6.51. The first-order valence-electron chi connectivity index (χ1n) is 8.72. The minimum absolute atomic E-state index is 0.0308. The Hall–Kier alpha value is -2.46. The highest BCUT2D eigenvalue weighted by Crippen LogP contribution is 2.38. The van der Waals surface area contributed by atoms with Crippen molar-refractivity contribution in [2.75, 3.05) is 0 Å². The summed E-state index contributed by atoms with van der Waals surface area (Å²) in [6.07, 6.45) is 0. The van der Waals surface area contributed by atoms with E-state index in [-0.39, 0.29) is 20.5 Å². The summed E-state index contributed by atoms with van der Waals surface area (Å²) in [7, 11) is -9.25. The van der Waals surface area contributed by atoms with Crippen molar-refractivity contribution in [1.82, 2.24) is 0 Å². The Kier molecular flexibility index (Phi) is 6.70. The molecule has 0 N–H and O–H groups in total. The minimum atomic E-state index is -4.73. The van der Waals surface area contributed by atoms with E-state index in [1.165, 1.54) is 60.7 Å². The monoisotopic (exact) mass is 499 g/mol. The van der Waals surface area contributed by atoms with E-state index in [0.29, 0.717) is 0 Å². The first-order valence-corrected chi connectivity index (χ1v) is 12.6. The fourth-order valence-electron chi connectivity index (χ4n) is 3.06. The first-order chi connectivity index (χ1) is 14.5. The number of hydrogen-bond donors (Lipinski definition) is 0. The second-order valence-corrected chi connectivity index (χ2v) is 11.5. The molecule has 3 aromatic carbocycles. The summed E-state index contributed by atoms with van der Waals surface area (Å²) in [6.45, 7) is 0. The van der Waals surface area contributed by atoms with Gasteiger partial charge in [0.2, 0.25) is 9.84 Å². The van der Waals surface area contributed by atoms with Crippen LogP contribution in [0.25, 0.3) is 0 Å². The van der Waals surface area contributed by atoms with E-state index in [2.05, 4.69) is 0 Å². The van der Waals surface area contributed by atoms with Crippen LogP contribution in [-0.2, 0) is 19.7 Å². The Morgan fingerprint density at radius 2 is 1.10 bits per heavy atom. The van der Waals surface area contributed by atoms with Gasteiger partial charge in [-0.3, -0.25) is 10.1 Å². The topological polar surface area (TPSA) is 111 Å². The van der Waals surface area contributed by atoms with Crippen LogP contribution in [-0.4, -0.2) is 27.1 Å². The zero-order valence-electron chi connectivity index (χ0n) is 15.6. The molecule has 0 bridgehead atoms. The van der Waals surface area contributed by atoms with Crippen LogP contribution in [0, 0.1) is 10.1 Å². The number of sulfone groups is 2. The maximum absolute atomic E-state index is 13.5. The Morgan fingerprint density at radius 1 is 0.677 bits per heavy atom. The van der Waals surface area contributed by atoms with Crippen molar-refractivity contribution in [3.05, 3.63) is 105 Å². The van der Waals surface area contributed by atoms with Crippen molar-refractivity contribution in [2.45, 2.75) is 20.4 Å². The van der Waals surface area contributed by atoms with Gasteiger partial charge in [0.25, 0.3) is 0 Å². The van der Waals surface area contributed by atoms with Gasteiger partial charge >= 0.3 is 5.37 Å². The smallest absolute Gasteiger partial charge is 0.263 e. The summed E-state index contributed by atoms with van der Waals surface area (Å²) in [6, 6.07) is 16.9. The van der Waals surface area contributed by atoms with E-state index in [1.54, 1.807) is 6.07 Å². The van der Waals surface area contributed by atoms with E-state index >= 15 is 0 Å². The molecular weight excluding hydrogens is 485 g/mol. The van der Waals surface area contributed by atoms with Crippen LogP contribution in [0.5, 0.6) is 0 Å². The summed E-state index contributed by atoms with van der Waals surface area (Å²) >= 11 is 11.6. The van der Waals surface area contributed by atoms with Gasteiger partial charge < -0.3 is 0 Å². The van der Waals surface area contributed by atoms with Crippen molar-refractivity contribution in [2.24, 2.45) is 0 Å². The predicted molar refractivity (Wildman–Crippen MR) is 117 cm³/mol. The highest BCUT2D eigenvalue weighted by molar-refractivity contribution is 7.95. The van der Waals surface area contributed by atoms with Gasteiger partial charge in [-0.15, -0.1) is 0 Å². The van der Waals surface area contributed by atoms with Crippen LogP contribution in [0.4, 0.5) is 0 Å². The molecule has 3 rings (SSSR count). The summed E-state index contributed by atoms with van der Waals surface area (Å²) in [5.41, 5.74) is -0.0308. The first kappa shape index (κ1) is 23.2. The van der Waals surface area contributed by atoms with Gasteiger partial charge in [-0.25, -0.2) is 16.8 Å². The lowest BCUT2D eigenvalue weighted by atomic mass is 10.1. The van der Waals surface area contributed by atoms with Crippen molar-refractivity contribution in [3.8, 4) is 0 Å². The lowest BCUT2D eigenvalue weighted by Crippen LogP contribution is -2.39. The molecule has 0 aromatic heterocycles. The van der Waals surface area contributed by atoms with Crippen LogP contribution in [0.2, 0.25) is 10.0 Å². The molecule has 2 unspecified atom stereocenters. The SMILES string of the molecule is O=[N+]([O-])C(C(c1ccccc1)S(=O)(=O)c1ccc(Cl)cc1)S(=O)(=O)c1ccc(Cl)cc1. The standard InChI is InChI=1S/C20H15Cl2NO6S2/c21-15-6-10-17(11-7-15)30(26,27)19(14-4-2-1-3-5-14)20(23(24)25)31(28,29)18-12-8-16(22)9-13-18/h1-13,19-20H. The number of nitrogens with zero attached hydrogens (tertiary/aromatic N) is 1. The molecule has 0 saturated heterocycles. The number of benzene rings is 3. The fraction of sp³-hybridized carbons (Fsp3) is 0.100. The van der Waals surface area contributed by atoms with Gasteiger partial charge in [0.05, 0.1) is 9.79 Å². The maximum atomic E-state index is 13.5. The largest absolute Gasteiger partial charge is 0.335 e. The highest BCUT2D eigenvalue weighted by atomic mass is 35.5. The molecule has 0 saturated carbocycles. The molecule has 11 heteroatoms. The number of halogens is 2. The second kappa shape index (κ2) is 8.96. The molecule has 0 aliphatic rings. The molecule has 0 aliphatic heterocycles. The summed E-state index contributed by atoms with van der Waals surface area (Å²) < 4.78 is 53.5. The Labute approximate surface area is 189 Å². The molecule has 7 nitrogen and oxygen atoms in total. The van der Waals surface area contributed by atoms with Crippen LogP contribution in [0.3, 0.4) is 0 Å². The third-order valence-corrected chi connectivity index (χ3v) is 9.34. The van der Waals surface area contributed by atoms with Crippen LogP contribution in [0.1, 0.15) is 10.8 Å². The van der Waals surface area contributed by atoms with Gasteiger partial charge in [0.1, 0.15) is 0 Å². The van der Waals surface area contributed by atoms with Crippen molar-refractivity contribution >= 4 is 42.9 Å². The maximum Gasteiger partial charge on any atom is 0.335 e. The van der Waals surface area contributed by atoms with E-state index in [9.17, 15) is 26.9 Å². The molecule has 162 valence electrons. The molecule has 0 fully saturated rings. The Balaban J connectivity index is 2.27. The Bertz CT molecular complexity index is 1290. The molecule has 0 spiro atoms. The van der Waals surface area contributed by atoms with E-state index < -0.39 is 40.1 Å². The molecular formula is C20H15Cl2NO6S2. The average Bonchev–Trinajstić information content (AvgIpc) is 2.72. The van der Waals surface area contributed by atoms with Crippen LogP contribution < -0.4 is 0 Å². The number of nitro groups is 1. The van der Waals surface area contributed by atoms with Gasteiger partial charge in [-0.05, 0) is 54.1 Å². The predicted octanol–water partition coefficient (Wildman–Crippen LogP) is 4.59. The molecule has 0 aliphatic carbocycles. The van der Waals surface area contributed by atoms with Gasteiger partial charge in [0, 0.05) is 15.0 Å². The third kappa shape index (κ3) is 4.74. The molecule has 0 heterocycles. The van der Waals surface area contributed by atoms with Gasteiger partial charge in [-0.2, -0.15) is 0 Å². The summed E-state index contributed by atoms with van der Waals surface area (Å²) in [4.78, 5) is 10.3. The lowest BCUT2D eigenvalue weighted by molar-refractivity contribution is -0.497. The minimum Gasteiger partial charge on any atom is -0.263 e. The summed E-state index contributed by atoms with van der Waals surface area (Å²) in [5, 5.41) is 8.02. The van der Waals surface area contributed by atoms with E-state index in [1.807, 2.05) is 0 Å². The molecule has 0 radical (unpaired) electrons. The zero-order chi connectivity index (χ0) is 22.8. The quantitative estimate of drug-likeness (QED) is 0.347. The zero-order valence-corrected chi connectivity index (χ0v) is 18.8. The molecule has 2 atom stereocenters. The van der Waals surface area contributed by atoms with Crippen LogP contribution >= 0.6 is 23.2 Å². The van der Waals surface area contributed by atoms with Crippen LogP contribution in [0.15, 0.2) is 88.7 Å². The van der Waals surface area contributed by atoms with E-state index in [0.717, 1.165) is 12.1 Å². The van der Waals surface area contributed by atoms with Crippen molar-refractivity contribution in [1.29, 1.82) is 0 Å². The van der Waals surface area contributed by atoms with Gasteiger partial charge in [-0.1, -0.05) is 53.5 Å². The fourth-order valence-corrected chi connectivity index (χ4v) is 7.42. The highest BCUT2D eigenvalue weighted by Gasteiger charge is 2.52. The van der Waals surface area contributed by atoms with Crippen molar-refractivity contribution in [3.63, 3.8) is 0 Å². The summed E-state index contributed by atoms with van der Waals surface area (Å²) in [5.74, 6) is 0. The lowest BCUT2D eigenvalue weighted by Gasteiger charge is -2.22. The third-order valence-electron chi connectivity index (χ3n) is 4.53. The number of hydrogen-bond acceptors (Lipinski definition) is 6. The average molecular weight is 500 g/mol. The number of rotatable bonds is 7.